The summed E-state index contributed by atoms with van der Waals surface area (Å²) in [6.07, 6.45) is 2.12. The largest absolute Gasteiger partial charge is 0.379 e. The van der Waals surface area contributed by atoms with Gasteiger partial charge in [0.05, 0.1) is 13.2 Å². The van der Waals surface area contributed by atoms with E-state index in [0.29, 0.717) is 6.04 Å². The van der Waals surface area contributed by atoms with Crippen LogP contribution >= 0.6 is 0 Å². The molecule has 5 nitrogen and oxygen atoms in total. The number of nitrogens with zero attached hydrogens (tertiary/aromatic N) is 3. The number of hydrogen-bond acceptors (Lipinski definition) is 5. The van der Waals surface area contributed by atoms with Crippen molar-refractivity contribution in [2.24, 2.45) is 5.73 Å². The molecule has 21 heavy (non-hydrogen) atoms. The normalized spacial score (nSPS) is 21.7. The monoisotopic (exact) mass is 290 g/mol. The lowest BCUT2D eigenvalue weighted by atomic mass is 10.1. The lowest BCUT2D eigenvalue weighted by Gasteiger charge is -2.34. The number of piperidine rings is 1. The van der Waals surface area contributed by atoms with Gasteiger partial charge >= 0.3 is 0 Å². The summed E-state index contributed by atoms with van der Waals surface area (Å²) in [6.45, 7) is 8.78. The highest BCUT2D eigenvalue weighted by molar-refractivity contribution is 5.48. The molecule has 3 heterocycles. The Kier molecular flexibility index (Phi) is 4.73. The van der Waals surface area contributed by atoms with E-state index in [1.165, 1.54) is 5.56 Å². The van der Waals surface area contributed by atoms with Gasteiger partial charge in [-0.25, -0.2) is 4.98 Å². The minimum Gasteiger partial charge on any atom is -0.379 e. The van der Waals surface area contributed by atoms with Crippen LogP contribution in [0.25, 0.3) is 0 Å². The van der Waals surface area contributed by atoms with E-state index in [1.54, 1.807) is 0 Å². The van der Waals surface area contributed by atoms with Gasteiger partial charge in [-0.05, 0) is 25.8 Å². The third-order valence-corrected chi connectivity index (χ3v) is 4.43. The fourth-order valence-electron chi connectivity index (χ4n) is 3.08. The highest BCUT2D eigenvalue weighted by Crippen LogP contribution is 2.24. The van der Waals surface area contributed by atoms with Gasteiger partial charge in [-0.15, -0.1) is 0 Å². The molecule has 2 fully saturated rings. The molecule has 0 saturated carbocycles. The number of ether oxygens (including phenoxy) is 1. The first-order valence-electron chi connectivity index (χ1n) is 7.99. The Bertz CT molecular complexity index is 465. The van der Waals surface area contributed by atoms with Crippen LogP contribution in [0.5, 0.6) is 0 Å². The summed E-state index contributed by atoms with van der Waals surface area (Å²) in [4.78, 5) is 9.68. The van der Waals surface area contributed by atoms with Gasteiger partial charge in [0.2, 0.25) is 0 Å². The first-order chi connectivity index (χ1) is 10.2. The molecule has 5 heteroatoms. The molecule has 0 aromatic carbocycles. The van der Waals surface area contributed by atoms with Crippen LogP contribution in [0.1, 0.15) is 24.1 Å². The van der Waals surface area contributed by atoms with Gasteiger partial charge in [0.15, 0.2) is 0 Å². The van der Waals surface area contributed by atoms with E-state index < -0.39 is 0 Å². The van der Waals surface area contributed by atoms with Crippen LogP contribution in [0.4, 0.5) is 5.82 Å². The molecule has 2 saturated heterocycles. The molecule has 0 spiro atoms. The molecule has 0 atom stereocenters. The number of rotatable bonds is 3. The molecule has 1 aromatic heterocycles. The second-order valence-electron chi connectivity index (χ2n) is 6.15. The van der Waals surface area contributed by atoms with Crippen molar-refractivity contribution in [2.45, 2.75) is 32.4 Å². The highest BCUT2D eigenvalue weighted by Gasteiger charge is 2.21. The van der Waals surface area contributed by atoms with Crippen LogP contribution in [-0.4, -0.2) is 55.3 Å². The molecule has 2 N–H and O–H groups in total. The lowest BCUT2D eigenvalue weighted by molar-refractivity contribution is 0.0342. The molecule has 2 aliphatic rings. The molecule has 1 aromatic rings. The summed E-state index contributed by atoms with van der Waals surface area (Å²) in [6, 6.07) is 4.71. The van der Waals surface area contributed by atoms with E-state index in [4.69, 9.17) is 15.5 Å². The highest BCUT2D eigenvalue weighted by atomic mass is 16.5. The van der Waals surface area contributed by atoms with Crippen molar-refractivity contribution < 1.29 is 4.74 Å². The average Bonchev–Trinajstić information content (AvgIpc) is 2.51. The number of morpholine rings is 1. The summed E-state index contributed by atoms with van der Waals surface area (Å²) in [5.41, 5.74) is 8.44. The number of nitrogens with two attached hydrogens (primary N) is 1. The Morgan fingerprint density at radius 1 is 1.19 bits per heavy atom. The quantitative estimate of drug-likeness (QED) is 0.905. The van der Waals surface area contributed by atoms with E-state index in [1.807, 2.05) is 0 Å². The van der Waals surface area contributed by atoms with Crippen molar-refractivity contribution in [3.05, 3.63) is 23.4 Å². The Labute approximate surface area is 127 Å². The maximum absolute atomic E-state index is 6.02. The van der Waals surface area contributed by atoms with Crippen molar-refractivity contribution in [1.29, 1.82) is 0 Å². The van der Waals surface area contributed by atoms with Crippen LogP contribution in [0.2, 0.25) is 0 Å². The molecule has 3 rings (SSSR count). The first-order valence-corrected chi connectivity index (χ1v) is 7.99. The molecule has 116 valence electrons. The van der Waals surface area contributed by atoms with Crippen LogP contribution in [0.15, 0.2) is 12.1 Å². The predicted molar refractivity (Wildman–Crippen MR) is 84.5 cm³/mol. The van der Waals surface area contributed by atoms with Gasteiger partial charge in [-0.3, -0.25) is 4.90 Å². The van der Waals surface area contributed by atoms with Crippen LogP contribution in [0, 0.1) is 6.92 Å². The topological polar surface area (TPSA) is 54.6 Å². The van der Waals surface area contributed by atoms with Gasteiger partial charge in [-0.2, -0.15) is 0 Å². The first kappa shape index (κ1) is 14.8. The molecule has 0 aliphatic carbocycles. The van der Waals surface area contributed by atoms with Crippen molar-refractivity contribution >= 4 is 5.82 Å². The Balaban J connectivity index is 1.76. The van der Waals surface area contributed by atoms with Crippen molar-refractivity contribution in [1.82, 2.24) is 9.88 Å². The minimum absolute atomic E-state index is 0.355. The second kappa shape index (κ2) is 6.73. The molecular weight excluding hydrogens is 264 g/mol. The molecule has 0 radical (unpaired) electrons. The van der Waals surface area contributed by atoms with Gasteiger partial charge in [0.25, 0.3) is 0 Å². The van der Waals surface area contributed by atoms with Gasteiger partial charge in [-0.1, -0.05) is 6.07 Å². The zero-order valence-electron chi connectivity index (χ0n) is 12.9. The number of anilines is 1. The van der Waals surface area contributed by atoms with Crippen molar-refractivity contribution in [3.8, 4) is 0 Å². The summed E-state index contributed by atoms with van der Waals surface area (Å²) in [5.74, 6) is 1.16. The van der Waals surface area contributed by atoms with E-state index >= 15 is 0 Å². The number of aryl methyl sites for hydroxylation is 1. The molecule has 2 aliphatic heterocycles. The third kappa shape index (κ3) is 3.73. The number of pyridine rings is 1. The second-order valence-corrected chi connectivity index (χ2v) is 6.15. The van der Waals surface area contributed by atoms with Gasteiger partial charge in [0.1, 0.15) is 5.82 Å². The SMILES string of the molecule is Cc1ccc(CN2CCOCC2)c(N2CCC(N)CC2)n1. The zero-order valence-corrected chi connectivity index (χ0v) is 12.9. The summed E-state index contributed by atoms with van der Waals surface area (Å²) < 4.78 is 5.43. The zero-order chi connectivity index (χ0) is 14.7. The van der Waals surface area contributed by atoms with Crippen LogP contribution in [0.3, 0.4) is 0 Å². The minimum atomic E-state index is 0.355. The van der Waals surface area contributed by atoms with Gasteiger partial charge in [0, 0.05) is 50.0 Å². The standard InChI is InChI=1S/C16H26N4O/c1-13-2-3-14(12-19-8-10-21-11-9-19)16(18-13)20-6-4-15(17)5-7-20/h2-3,15H,4-12,17H2,1H3. The lowest BCUT2D eigenvalue weighted by Crippen LogP contribution is -2.41. The molecule has 0 unspecified atom stereocenters. The molecule has 0 amide bonds. The Morgan fingerprint density at radius 2 is 1.90 bits per heavy atom. The Morgan fingerprint density at radius 3 is 2.62 bits per heavy atom. The van der Waals surface area contributed by atoms with E-state index in [2.05, 4.69) is 28.9 Å². The number of hydrogen-bond donors (Lipinski definition) is 1. The average molecular weight is 290 g/mol. The van der Waals surface area contributed by atoms with E-state index in [9.17, 15) is 0 Å². The van der Waals surface area contributed by atoms with Crippen molar-refractivity contribution in [3.63, 3.8) is 0 Å². The third-order valence-electron chi connectivity index (χ3n) is 4.43. The maximum atomic E-state index is 6.02. The molecular formula is C16H26N4O. The fraction of sp³-hybridized carbons (Fsp3) is 0.688. The van der Waals surface area contributed by atoms with Gasteiger partial charge < -0.3 is 15.4 Å². The predicted octanol–water partition coefficient (Wildman–Crippen LogP) is 1.15. The van der Waals surface area contributed by atoms with E-state index in [0.717, 1.165) is 70.3 Å². The summed E-state index contributed by atoms with van der Waals surface area (Å²) in [7, 11) is 0. The molecule has 0 bridgehead atoms. The fourth-order valence-corrected chi connectivity index (χ4v) is 3.08. The summed E-state index contributed by atoms with van der Waals surface area (Å²) in [5, 5.41) is 0. The maximum Gasteiger partial charge on any atom is 0.133 e. The number of aromatic nitrogens is 1. The smallest absolute Gasteiger partial charge is 0.133 e. The van der Waals surface area contributed by atoms with E-state index in [-0.39, 0.29) is 0 Å². The van der Waals surface area contributed by atoms with Crippen LogP contribution < -0.4 is 10.6 Å². The summed E-state index contributed by atoms with van der Waals surface area (Å²) >= 11 is 0. The van der Waals surface area contributed by atoms with Crippen LogP contribution in [-0.2, 0) is 11.3 Å². The van der Waals surface area contributed by atoms with Crippen molar-refractivity contribution in [2.75, 3.05) is 44.3 Å². The Hall–Kier alpha value is -1.17.